The van der Waals surface area contributed by atoms with E-state index in [1.54, 1.807) is 19.2 Å². The fourth-order valence-electron chi connectivity index (χ4n) is 5.36. The fourth-order valence-corrected chi connectivity index (χ4v) is 6.01. The molecule has 0 radical (unpaired) electrons. The molecular weight excluding hydrogens is 485 g/mol. The highest BCUT2D eigenvalue weighted by Crippen LogP contribution is 2.41. The topological polar surface area (TPSA) is 72.7 Å². The van der Waals surface area contributed by atoms with Crippen LogP contribution in [0.1, 0.15) is 49.9 Å². The lowest BCUT2D eigenvalue weighted by molar-refractivity contribution is 0.0730. The SMILES string of the molecule is COc1cc(Cl)c(-c2c(C)nn3c(NC4CCC(NC5CCOCC5)CC4)cc(C)nc23)c(Cl)c1. The minimum atomic E-state index is 0.397. The average Bonchev–Trinajstić information content (AvgIpc) is 3.16. The van der Waals surface area contributed by atoms with Crippen molar-refractivity contribution in [3.63, 3.8) is 0 Å². The predicted molar refractivity (Wildman–Crippen MR) is 141 cm³/mol. The molecule has 0 bridgehead atoms. The van der Waals surface area contributed by atoms with Gasteiger partial charge in [0.15, 0.2) is 5.65 Å². The average molecular weight is 518 g/mol. The van der Waals surface area contributed by atoms with Crippen LogP contribution in [0, 0.1) is 13.8 Å². The molecule has 0 atom stereocenters. The number of rotatable bonds is 6. The smallest absolute Gasteiger partial charge is 0.165 e. The molecule has 1 saturated heterocycles. The molecule has 1 saturated carbocycles. The van der Waals surface area contributed by atoms with E-state index in [-0.39, 0.29) is 0 Å². The lowest BCUT2D eigenvalue weighted by atomic mass is 9.90. The molecule has 2 aliphatic rings. The number of fused-ring (bicyclic) bond motifs is 1. The van der Waals surface area contributed by atoms with Crippen LogP contribution in [0.4, 0.5) is 5.82 Å². The summed E-state index contributed by atoms with van der Waals surface area (Å²) in [6.45, 7) is 5.73. The van der Waals surface area contributed by atoms with Crippen LogP contribution in [0.15, 0.2) is 18.2 Å². The van der Waals surface area contributed by atoms with Crippen molar-refractivity contribution >= 4 is 34.7 Å². The summed E-state index contributed by atoms with van der Waals surface area (Å²) in [5, 5.41) is 13.5. The van der Waals surface area contributed by atoms with Gasteiger partial charge in [-0.15, -0.1) is 0 Å². The number of aryl methyl sites for hydroxylation is 2. The quantitative estimate of drug-likeness (QED) is 0.429. The molecule has 1 aromatic carbocycles. The van der Waals surface area contributed by atoms with Gasteiger partial charge in [-0.25, -0.2) is 4.98 Å². The highest BCUT2D eigenvalue weighted by molar-refractivity contribution is 6.39. The van der Waals surface area contributed by atoms with Crippen molar-refractivity contribution in [1.82, 2.24) is 19.9 Å². The Balaban J connectivity index is 1.37. The van der Waals surface area contributed by atoms with Gasteiger partial charge in [0.25, 0.3) is 0 Å². The molecule has 188 valence electrons. The first kappa shape index (κ1) is 24.6. The molecular formula is C26H33Cl2N5O2. The minimum absolute atomic E-state index is 0.397. The van der Waals surface area contributed by atoms with Gasteiger partial charge in [0, 0.05) is 48.7 Å². The van der Waals surface area contributed by atoms with Crippen molar-refractivity contribution < 1.29 is 9.47 Å². The Morgan fingerprint density at radius 1 is 0.914 bits per heavy atom. The molecule has 1 aliphatic carbocycles. The molecule has 2 fully saturated rings. The van der Waals surface area contributed by atoms with E-state index in [2.05, 4.69) is 16.7 Å². The van der Waals surface area contributed by atoms with Crippen LogP contribution in [0.5, 0.6) is 5.75 Å². The Labute approximate surface area is 216 Å². The van der Waals surface area contributed by atoms with Gasteiger partial charge in [0.05, 0.1) is 28.4 Å². The first-order valence-corrected chi connectivity index (χ1v) is 13.2. The summed E-state index contributed by atoms with van der Waals surface area (Å²) in [5.74, 6) is 1.56. The van der Waals surface area contributed by atoms with Crippen molar-refractivity contribution in [3.8, 4) is 16.9 Å². The Morgan fingerprint density at radius 2 is 1.54 bits per heavy atom. The molecule has 7 nitrogen and oxygen atoms in total. The number of hydrogen-bond donors (Lipinski definition) is 2. The number of ether oxygens (including phenoxy) is 2. The monoisotopic (exact) mass is 517 g/mol. The number of benzene rings is 1. The van der Waals surface area contributed by atoms with Gasteiger partial charge in [-0.2, -0.15) is 9.61 Å². The van der Waals surface area contributed by atoms with E-state index in [4.69, 9.17) is 42.8 Å². The molecule has 0 amide bonds. The summed E-state index contributed by atoms with van der Waals surface area (Å²) in [7, 11) is 1.60. The largest absolute Gasteiger partial charge is 0.497 e. The maximum Gasteiger partial charge on any atom is 0.165 e. The highest BCUT2D eigenvalue weighted by atomic mass is 35.5. The van der Waals surface area contributed by atoms with E-state index in [1.807, 2.05) is 18.4 Å². The summed E-state index contributed by atoms with van der Waals surface area (Å²) in [5.41, 5.74) is 4.05. The van der Waals surface area contributed by atoms with Gasteiger partial charge in [0.2, 0.25) is 0 Å². The summed E-state index contributed by atoms with van der Waals surface area (Å²) < 4.78 is 12.7. The van der Waals surface area contributed by atoms with Crippen molar-refractivity contribution in [1.29, 1.82) is 0 Å². The van der Waals surface area contributed by atoms with Gasteiger partial charge in [-0.3, -0.25) is 0 Å². The number of nitrogens with one attached hydrogen (secondary N) is 2. The van der Waals surface area contributed by atoms with E-state index in [9.17, 15) is 0 Å². The molecule has 3 heterocycles. The Bertz CT molecular complexity index is 1180. The van der Waals surface area contributed by atoms with Crippen molar-refractivity contribution in [2.45, 2.75) is 70.5 Å². The molecule has 9 heteroatoms. The summed E-state index contributed by atoms with van der Waals surface area (Å²) >= 11 is 13.3. The fraction of sp³-hybridized carbons (Fsp3) is 0.538. The number of methoxy groups -OCH3 is 1. The second-order valence-corrected chi connectivity index (χ2v) is 10.5. The number of aromatic nitrogens is 3. The maximum absolute atomic E-state index is 6.64. The Hall–Kier alpha value is -2.06. The molecule has 3 aromatic rings. The van der Waals surface area contributed by atoms with Crippen LogP contribution in [0.2, 0.25) is 10.0 Å². The van der Waals surface area contributed by atoms with Crippen molar-refractivity contribution in [2.24, 2.45) is 0 Å². The molecule has 0 spiro atoms. The van der Waals surface area contributed by atoms with Crippen molar-refractivity contribution in [2.75, 3.05) is 25.6 Å². The van der Waals surface area contributed by atoms with Gasteiger partial charge < -0.3 is 20.1 Å². The highest BCUT2D eigenvalue weighted by Gasteiger charge is 2.26. The summed E-state index contributed by atoms with van der Waals surface area (Å²) in [4.78, 5) is 4.82. The van der Waals surface area contributed by atoms with E-state index in [1.165, 1.54) is 12.8 Å². The first-order valence-electron chi connectivity index (χ1n) is 12.4. The van der Waals surface area contributed by atoms with Crippen LogP contribution in [0.25, 0.3) is 16.8 Å². The lowest BCUT2D eigenvalue weighted by Crippen LogP contribution is -2.44. The zero-order valence-corrected chi connectivity index (χ0v) is 22.0. The lowest BCUT2D eigenvalue weighted by Gasteiger charge is -2.34. The van der Waals surface area contributed by atoms with Crippen LogP contribution < -0.4 is 15.4 Å². The van der Waals surface area contributed by atoms with E-state index in [0.717, 1.165) is 72.9 Å². The van der Waals surface area contributed by atoms with Gasteiger partial charge >= 0.3 is 0 Å². The van der Waals surface area contributed by atoms with Crippen LogP contribution in [-0.2, 0) is 4.74 Å². The van der Waals surface area contributed by atoms with Gasteiger partial charge in [0.1, 0.15) is 11.6 Å². The predicted octanol–water partition coefficient (Wildman–Crippen LogP) is 5.82. The van der Waals surface area contributed by atoms with Gasteiger partial charge in [-0.05, 0) is 64.5 Å². The third-order valence-electron chi connectivity index (χ3n) is 7.17. The second-order valence-electron chi connectivity index (χ2n) is 9.69. The molecule has 1 aliphatic heterocycles. The van der Waals surface area contributed by atoms with Crippen LogP contribution in [-0.4, -0.2) is 53.0 Å². The van der Waals surface area contributed by atoms with Crippen LogP contribution >= 0.6 is 23.2 Å². The number of halogens is 2. The standard InChI is InChI=1S/C26H33Cl2N5O2/c1-15-12-23(31-18-6-4-17(5-7-18)30-19-8-10-35-11-9-19)33-26(29-15)24(16(2)32-33)25-21(27)13-20(34-3)14-22(25)28/h12-14,17-19,30-31H,4-11H2,1-3H3. The van der Waals surface area contributed by atoms with Crippen molar-refractivity contribution in [3.05, 3.63) is 39.6 Å². The molecule has 0 unspecified atom stereocenters. The van der Waals surface area contributed by atoms with E-state index < -0.39 is 0 Å². The maximum atomic E-state index is 6.64. The molecule has 35 heavy (non-hydrogen) atoms. The molecule has 5 rings (SSSR count). The number of hydrogen-bond acceptors (Lipinski definition) is 6. The zero-order chi connectivity index (χ0) is 24.5. The molecule has 2 N–H and O–H groups in total. The van der Waals surface area contributed by atoms with Crippen LogP contribution in [0.3, 0.4) is 0 Å². The third-order valence-corrected chi connectivity index (χ3v) is 7.76. The summed E-state index contributed by atoms with van der Waals surface area (Å²) in [6.07, 6.45) is 6.82. The normalized spacial score (nSPS) is 21.4. The first-order chi connectivity index (χ1) is 16.9. The van der Waals surface area contributed by atoms with Gasteiger partial charge in [-0.1, -0.05) is 23.2 Å². The zero-order valence-electron chi connectivity index (χ0n) is 20.5. The Morgan fingerprint density at radius 3 is 2.20 bits per heavy atom. The minimum Gasteiger partial charge on any atom is -0.497 e. The second kappa shape index (κ2) is 10.5. The van der Waals surface area contributed by atoms with E-state index in [0.29, 0.717) is 33.9 Å². The number of anilines is 1. The number of nitrogens with zero attached hydrogens (tertiary/aromatic N) is 3. The Kier molecular flexibility index (Phi) is 7.39. The van der Waals surface area contributed by atoms with E-state index >= 15 is 0 Å². The molecule has 2 aromatic heterocycles. The third kappa shape index (κ3) is 5.24. The summed E-state index contributed by atoms with van der Waals surface area (Å²) in [6, 6.07) is 7.19.